The van der Waals surface area contributed by atoms with E-state index < -0.39 is 0 Å². The molecule has 1 aromatic heterocycles. The van der Waals surface area contributed by atoms with Crippen molar-refractivity contribution in [2.75, 3.05) is 19.3 Å². The van der Waals surface area contributed by atoms with Crippen LogP contribution in [0.2, 0.25) is 0 Å². The van der Waals surface area contributed by atoms with Crippen LogP contribution in [0.4, 0.5) is 0 Å². The lowest BCUT2D eigenvalue weighted by Crippen LogP contribution is -2.21. The Morgan fingerprint density at radius 3 is 2.77 bits per heavy atom. The van der Waals surface area contributed by atoms with Crippen LogP contribution in [0.25, 0.3) is 0 Å². The van der Waals surface area contributed by atoms with Gasteiger partial charge >= 0.3 is 0 Å². The molecule has 0 amide bonds. The van der Waals surface area contributed by atoms with Gasteiger partial charge in [0, 0.05) is 42.8 Å². The first-order valence-corrected chi connectivity index (χ1v) is 8.89. The number of hydrogen-bond donors (Lipinski definition) is 1. The highest BCUT2D eigenvalue weighted by molar-refractivity contribution is 7.98. The predicted molar refractivity (Wildman–Crippen MR) is 90.9 cm³/mol. The van der Waals surface area contributed by atoms with E-state index >= 15 is 0 Å². The lowest BCUT2D eigenvalue weighted by Gasteiger charge is -2.16. The standard InChI is InChI=1S/C18H22N2OS/c1-22-17-4-2-3-15(10-17)11-20-12-16(18(21)13-20)9-14-5-7-19-8-6-14/h2-8,10,16,18,21H,9,11-13H2,1H3/t16-,18+/m1/s1. The molecule has 1 aliphatic heterocycles. The molecule has 0 radical (unpaired) electrons. The first-order chi connectivity index (χ1) is 10.7. The minimum atomic E-state index is -0.239. The maximum Gasteiger partial charge on any atom is 0.0710 e. The first kappa shape index (κ1) is 15.5. The highest BCUT2D eigenvalue weighted by atomic mass is 32.2. The zero-order valence-electron chi connectivity index (χ0n) is 12.9. The summed E-state index contributed by atoms with van der Waals surface area (Å²) in [4.78, 5) is 7.71. The Morgan fingerprint density at radius 2 is 2.00 bits per heavy atom. The van der Waals surface area contributed by atoms with Crippen molar-refractivity contribution in [3.8, 4) is 0 Å². The van der Waals surface area contributed by atoms with Gasteiger partial charge in [-0.1, -0.05) is 12.1 Å². The number of thioether (sulfide) groups is 1. The lowest BCUT2D eigenvalue weighted by atomic mass is 9.97. The van der Waals surface area contributed by atoms with E-state index in [-0.39, 0.29) is 6.10 Å². The Morgan fingerprint density at radius 1 is 1.18 bits per heavy atom. The average Bonchev–Trinajstić information content (AvgIpc) is 2.88. The Hall–Kier alpha value is -1.36. The molecule has 2 atom stereocenters. The SMILES string of the molecule is CSc1cccc(CN2C[C@@H](Cc3ccncc3)[C@@H](O)C2)c1. The summed E-state index contributed by atoms with van der Waals surface area (Å²) < 4.78 is 0. The fraction of sp³-hybridized carbons (Fsp3) is 0.389. The number of aliphatic hydroxyl groups excluding tert-OH is 1. The van der Waals surface area contributed by atoms with Crippen molar-refractivity contribution in [3.63, 3.8) is 0 Å². The molecule has 2 heterocycles. The molecular formula is C18H22N2OS. The number of nitrogens with zero attached hydrogens (tertiary/aromatic N) is 2. The van der Waals surface area contributed by atoms with Gasteiger partial charge in [-0.15, -0.1) is 11.8 Å². The Kier molecular flexibility index (Phi) is 5.13. The molecule has 1 N–H and O–H groups in total. The quantitative estimate of drug-likeness (QED) is 0.861. The zero-order chi connectivity index (χ0) is 15.4. The van der Waals surface area contributed by atoms with Gasteiger partial charge in [-0.25, -0.2) is 0 Å². The molecule has 1 aromatic carbocycles. The van der Waals surface area contributed by atoms with E-state index in [0.717, 1.165) is 26.1 Å². The van der Waals surface area contributed by atoms with Gasteiger partial charge < -0.3 is 5.11 Å². The molecule has 2 aromatic rings. The maximum absolute atomic E-state index is 10.3. The largest absolute Gasteiger partial charge is 0.391 e. The summed E-state index contributed by atoms with van der Waals surface area (Å²) in [5, 5.41) is 10.3. The Balaban J connectivity index is 1.60. The topological polar surface area (TPSA) is 36.4 Å². The molecule has 1 aliphatic rings. The van der Waals surface area contributed by atoms with E-state index in [1.807, 2.05) is 24.5 Å². The predicted octanol–water partition coefficient (Wildman–Crippen LogP) is 2.84. The van der Waals surface area contributed by atoms with Crippen molar-refractivity contribution in [3.05, 3.63) is 59.9 Å². The molecule has 3 nitrogen and oxygen atoms in total. The number of likely N-dealkylation sites (tertiary alicyclic amines) is 1. The normalized spacial score (nSPS) is 22.1. The summed E-state index contributed by atoms with van der Waals surface area (Å²) in [5.41, 5.74) is 2.58. The van der Waals surface area contributed by atoms with E-state index in [0.29, 0.717) is 5.92 Å². The van der Waals surface area contributed by atoms with Gasteiger partial charge in [-0.3, -0.25) is 9.88 Å². The van der Waals surface area contributed by atoms with E-state index in [1.54, 1.807) is 11.8 Å². The van der Waals surface area contributed by atoms with Crippen LogP contribution in [0.5, 0.6) is 0 Å². The van der Waals surface area contributed by atoms with Crippen LogP contribution in [-0.4, -0.2) is 40.4 Å². The summed E-state index contributed by atoms with van der Waals surface area (Å²) in [5.74, 6) is 0.311. The molecule has 0 aliphatic carbocycles. The number of aliphatic hydroxyl groups is 1. The number of rotatable bonds is 5. The molecule has 1 saturated heterocycles. The molecule has 0 bridgehead atoms. The highest BCUT2D eigenvalue weighted by Crippen LogP contribution is 2.24. The van der Waals surface area contributed by atoms with Gasteiger partial charge in [-0.2, -0.15) is 0 Å². The molecule has 4 heteroatoms. The Labute approximate surface area is 136 Å². The number of β-amino-alcohol motifs (C(OH)–C–C–N with tert-alkyl or cyclic N) is 1. The average molecular weight is 314 g/mol. The molecule has 116 valence electrons. The van der Waals surface area contributed by atoms with Crippen molar-refractivity contribution in [1.29, 1.82) is 0 Å². The molecular weight excluding hydrogens is 292 g/mol. The van der Waals surface area contributed by atoms with Gasteiger partial charge in [-0.05, 0) is 48.1 Å². The van der Waals surface area contributed by atoms with Gasteiger partial charge in [0.2, 0.25) is 0 Å². The fourth-order valence-corrected chi connectivity index (χ4v) is 3.61. The maximum atomic E-state index is 10.3. The van der Waals surface area contributed by atoms with Crippen LogP contribution in [0.15, 0.2) is 53.7 Å². The van der Waals surface area contributed by atoms with E-state index in [4.69, 9.17) is 0 Å². The Bertz CT molecular complexity index is 605. The van der Waals surface area contributed by atoms with Crippen LogP contribution < -0.4 is 0 Å². The summed E-state index contributed by atoms with van der Waals surface area (Å²) >= 11 is 1.77. The molecule has 1 fully saturated rings. The first-order valence-electron chi connectivity index (χ1n) is 7.67. The summed E-state index contributed by atoms with van der Waals surface area (Å²) in [6, 6.07) is 12.7. The molecule has 22 heavy (non-hydrogen) atoms. The third-order valence-corrected chi connectivity index (χ3v) is 5.00. The number of aromatic nitrogens is 1. The van der Waals surface area contributed by atoms with Crippen molar-refractivity contribution < 1.29 is 5.11 Å². The number of pyridine rings is 1. The molecule has 3 rings (SSSR count). The lowest BCUT2D eigenvalue weighted by molar-refractivity contribution is 0.141. The van der Waals surface area contributed by atoms with Crippen molar-refractivity contribution >= 4 is 11.8 Å². The minimum Gasteiger partial charge on any atom is -0.391 e. The third-order valence-electron chi connectivity index (χ3n) is 4.27. The van der Waals surface area contributed by atoms with Crippen LogP contribution in [0.3, 0.4) is 0 Å². The van der Waals surface area contributed by atoms with Crippen molar-refractivity contribution in [2.45, 2.75) is 24.0 Å². The van der Waals surface area contributed by atoms with E-state index in [1.165, 1.54) is 16.0 Å². The molecule has 0 unspecified atom stereocenters. The second-order valence-electron chi connectivity index (χ2n) is 5.93. The molecule has 0 saturated carbocycles. The third kappa shape index (κ3) is 3.88. The number of hydrogen-bond acceptors (Lipinski definition) is 4. The van der Waals surface area contributed by atoms with Gasteiger partial charge in [0.1, 0.15) is 0 Å². The van der Waals surface area contributed by atoms with Gasteiger partial charge in [0.15, 0.2) is 0 Å². The van der Waals surface area contributed by atoms with Crippen molar-refractivity contribution in [1.82, 2.24) is 9.88 Å². The van der Waals surface area contributed by atoms with E-state index in [9.17, 15) is 5.11 Å². The van der Waals surface area contributed by atoms with Crippen LogP contribution in [0, 0.1) is 5.92 Å². The van der Waals surface area contributed by atoms with Gasteiger partial charge in [0.05, 0.1) is 6.10 Å². The van der Waals surface area contributed by atoms with E-state index in [2.05, 4.69) is 40.4 Å². The van der Waals surface area contributed by atoms with Crippen LogP contribution in [-0.2, 0) is 13.0 Å². The smallest absolute Gasteiger partial charge is 0.0710 e. The second kappa shape index (κ2) is 7.27. The van der Waals surface area contributed by atoms with Crippen LogP contribution >= 0.6 is 11.8 Å². The highest BCUT2D eigenvalue weighted by Gasteiger charge is 2.31. The minimum absolute atomic E-state index is 0.239. The summed E-state index contributed by atoms with van der Waals surface area (Å²) in [6.07, 6.45) is 6.43. The van der Waals surface area contributed by atoms with Crippen molar-refractivity contribution in [2.24, 2.45) is 5.92 Å². The fourth-order valence-electron chi connectivity index (χ4n) is 3.12. The summed E-state index contributed by atoms with van der Waals surface area (Å²) in [7, 11) is 0. The zero-order valence-corrected chi connectivity index (χ0v) is 13.7. The van der Waals surface area contributed by atoms with Gasteiger partial charge in [0.25, 0.3) is 0 Å². The summed E-state index contributed by atoms with van der Waals surface area (Å²) in [6.45, 7) is 2.63. The number of benzene rings is 1. The van der Waals surface area contributed by atoms with Crippen LogP contribution in [0.1, 0.15) is 11.1 Å². The second-order valence-corrected chi connectivity index (χ2v) is 6.81. The monoisotopic (exact) mass is 314 g/mol. The molecule has 0 spiro atoms.